The van der Waals surface area contributed by atoms with Crippen LogP contribution in [-0.2, 0) is 18.3 Å². The van der Waals surface area contributed by atoms with E-state index in [1.807, 2.05) is 43.3 Å². The fourth-order valence-electron chi connectivity index (χ4n) is 2.72. The van der Waals surface area contributed by atoms with Gasteiger partial charge in [-0.2, -0.15) is 0 Å². The van der Waals surface area contributed by atoms with E-state index in [0.717, 1.165) is 16.6 Å². The van der Waals surface area contributed by atoms with Crippen molar-refractivity contribution in [1.29, 1.82) is 0 Å². The first-order valence-corrected chi connectivity index (χ1v) is 9.49. The summed E-state index contributed by atoms with van der Waals surface area (Å²) in [6, 6.07) is 13.3. The van der Waals surface area contributed by atoms with Crippen molar-refractivity contribution >= 4 is 33.1 Å². The predicted octanol–water partition coefficient (Wildman–Crippen LogP) is 3.96. The molecule has 0 bridgehead atoms. The predicted molar refractivity (Wildman–Crippen MR) is 106 cm³/mol. The second-order valence-electron chi connectivity index (χ2n) is 6.11. The van der Waals surface area contributed by atoms with E-state index >= 15 is 0 Å². The topological polar surface area (TPSA) is 60.3 Å². The normalized spacial score (nSPS) is 12.1. The molecule has 136 valence electrons. The van der Waals surface area contributed by atoms with Crippen LogP contribution in [0.1, 0.15) is 25.8 Å². The van der Waals surface area contributed by atoms with Crippen LogP contribution >= 0.6 is 11.3 Å². The number of carbonyl (C=O) groups excluding carboxylic acids is 1. The SMILES string of the molecule is CCc1ccc(O[C@@H](CC)C(=O)Nc2ccc3c(c2)sc(=O)n3C)cc1. The van der Waals surface area contributed by atoms with E-state index in [2.05, 4.69) is 12.2 Å². The zero-order chi connectivity index (χ0) is 18.7. The number of anilines is 1. The molecule has 3 rings (SSSR count). The molecule has 1 aromatic heterocycles. The number of carbonyl (C=O) groups is 1. The number of ether oxygens (including phenoxy) is 1. The Balaban J connectivity index is 1.73. The number of aryl methyl sites for hydroxylation is 2. The second kappa shape index (κ2) is 7.74. The lowest BCUT2D eigenvalue weighted by Crippen LogP contribution is -2.32. The molecule has 1 amide bonds. The third-order valence-corrected chi connectivity index (χ3v) is 5.33. The zero-order valence-electron chi connectivity index (χ0n) is 15.1. The highest BCUT2D eigenvalue weighted by atomic mass is 32.1. The monoisotopic (exact) mass is 370 g/mol. The number of hydrogen-bond acceptors (Lipinski definition) is 4. The number of amides is 1. The van der Waals surface area contributed by atoms with Crippen molar-refractivity contribution in [3.05, 3.63) is 57.7 Å². The third-order valence-electron chi connectivity index (χ3n) is 4.33. The number of rotatable bonds is 6. The molecule has 26 heavy (non-hydrogen) atoms. The number of thiazole rings is 1. The Bertz CT molecular complexity index is 973. The molecule has 1 atom stereocenters. The Labute approximate surface area is 156 Å². The molecule has 1 N–H and O–H groups in total. The van der Waals surface area contributed by atoms with Crippen LogP contribution in [0.5, 0.6) is 5.75 Å². The van der Waals surface area contributed by atoms with E-state index in [1.54, 1.807) is 17.7 Å². The molecular weight excluding hydrogens is 348 g/mol. The zero-order valence-corrected chi connectivity index (χ0v) is 15.9. The molecular formula is C20H22N2O3S. The molecule has 0 radical (unpaired) electrons. The van der Waals surface area contributed by atoms with Gasteiger partial charge in [0.1, 0.15) is 5.75 Å². The molecule has 2 aromatic carbocycles. The van der Waals surface area contributed by atoms with Crippen LogP contribution in [0.25, 0.3) is 10.2 Å². The van der Waals surface area contributed by atoms with E-state index in [0.29, 0.717) is 17.9 Å². The highest BCUT2D eigenvalue weighted by Crippen LogP contribution is 2.22. The summed E-state index contributed by atoms with van der Waals surface area (Å²) in [5.74, 6) is 0.482. The second-order valence-corrected chi connectivity index (χ2v) is 7.10. The third kappa shape index (κ3) is 3.80. The van der Waals surface area contributed by atoms with Gasteiger partial charge >= 0.3 is 4.87 Å². The van der Waals surface area contributed by atoms with Gasteiger partial charge in [0.05, 0.1) is 10.2 Å². The molecule has 1 heterocycles. The highest BCUT2D eigenvalue weighted by Gasteiger charge is 2.19. The summed E-state index contributed by atoms with van der Waals surface area (Å²) in [5, 5.41) is 2.89. The number of nitrogens with one attached hydrogen (secondary N) is 1. The van der Waals surface area contributed by atoms with E-state index in [4.69, 9.17) is 4.74 Å². The Morgan fingerprint density at radius 2 is 1.92 bits per heavy atom. The van der Waals surface area contributed by atoms with Crippen molar-refractivity contribution in [1.82, 2.24) is 4.57 Å². The van der Waals surface area contributed by atoms with Gasteiger partial charge in [-0.15, -0.1) is 0 Å². The average Bonchev–Trinajstić information content (AvgIpc) is 2.93. The van der Waals surface area contributed by atoms with E-state index in [-0.39, 0.29) is 10.8 Å². The fraction of sp³-hybridized carbons (Fsp3) is 0.300. The number of nitrogens with zero attached hydrogens (tertiary/aromatic N) is 1. The van der Waals surface area contributed by atoms with Crippen LogP contribution < -0.4 is 14.9 Å². The summed E-state index contributed by atoms with van der Waals surface area (Å²) in [7, 11) is 1.74. The highest BCUT2D eigenvalue weighted by molar-refractivity contribution is 7.16. The van der Waals surface area contributed by atoms with Crippen LogP contribution in [-0.4, -0.2) is 16.6 Å². The maximum absolute atomic E-state index is 12.6. The lowest BCUT2D eigenvalue weighted by Gasteiger charge is -2.17. The minimum absolute atomic E-state index is 0.0197. The minimum Gasteiger partial charge on any atom is -0.481 e. The van der Waals surface area contributed by atoms with Gasteiger partial charge in [0, 0.05) is 12.7 Å². The molecule has 0 spiro atoms. The Morgan fingerprint density at radius 3 is 2.58 bits per heavy atom. The van der Waals surface area contributed by atoms with E-state index < -0.39 is 6.10 Å². The van der Waals surface area contributed by atoms with E-state index in [1.165, 1.54) is 16.9 Å². The Morgan fingerprint density at radius 1 is 1.19 bits per heavy atom. The summed E-state index contributed by atoms with van der Waals surface area (Å²) in [6.45, 7) is 4.01. The van der Waals surface area contributed by atoms with Crippen LogP contribution in [0.4, 0.5) is 5.69 Å². The van der Waals surface area contributed by atoms with Crippen LogP contribution in [0.2, 0.25) is 0 Å². The van der Waals surface area contributed by atoms with Crippen molar-refractivity contribution in [3.63, 3.8) is 0 Å². The van der Waals surface area contributed by atoms with Gasteiger partial charge in [-0.3, -0.25) is 9.59 Å². The lowest BCUT2D eigenvalue weighted by molar-refractivity contribution is -0.122. The van der Waals surface area contributed by atoms with Gasteiger partial charge in [-0.25, -0.2) is 0 Å². The first kappa shape index (κ1) is 18.2. The van der Waals surface area contributed by atoms with Crippen LogP contribution in [0.15, 0.2) is 47.3 Å². The summed E-state index contributed by atoms with van der Waals surface area (Å²) in [5.41, 5.74) is 2.75. The number of fused-ring (bicyclic) bond motifs is 1. The van der Waals surface area contributed by atoms with Gasteiger partial charge in [0.25, 0.3) is 5.91 Å². The quantitative estimate of drug-likeness (QED) is 0.714. The molecule has 0 saturated carbocycles. The van der Waals surface area contributed by atoms with E-state index in [9.17, 15) is 9.59 Å². The molecule has 0 unspecified atom stereocenters. The fourth-order valence-corrected chi connectivity index (χ4v) is 3.64. The standard InChI is InChI=1S/C20H22N2O3S/c1-4-13-6-9-15(10-7-13)25-17(5-2)19(23)21-14-8-11-16-18(12-14)26-20(24)22(16)3/h6-12,17H,4-5H2,1-3H3,(H,21,23)/t17-/m0/s1. The van der Waals surface area contributed by atoms with Crippen molar-refractivity contribution in [2.45, 2.75) is 32.8 Å². The summed E-state index contributed by atoms with van der Waals surface area (Å²) in [4.78, 5) is 24.3. The Kier molecular flexibility index (Phi) is 5.42. The first-order chi connectivity index (χ1) is 12.5. The molecule has 0 aliphatic rings. The minimum atomic E-state index is -0.576. The maximum Gasteiger partial charge on any atom is 0.307 e. The smallest absolute Gasteiger partial charge is 0.307 e. The van der Waals surface area contributed by atoms with Gasteiger partial charge < -0.3 is 14.6 Å². The van der Waals surface area contributed by atoms with Crippen molar-refractivity contribution in [2.75, 3.05) is 5.32 Å². The van der Waals surface area contributed by atoms with Crippen LogP contribution in [0, 0.1) is 0 Å². The summed E-state index contributed by atoms with van der Waals surface area (Å²) < 4.78 is 8.29. The number of hydrogen-bond donors (Lipinski definition) is 1. The number of aromatic nitrogens is 1. The molecule has 0 saturated heterocycles. The average molecular weight is 370 g/mol. The van der Waals surface area contributed by atoms with Gasteiger partial charge in [0.2, 0.25) is 0 Å². The van der Waals surface area contributed by atoms with Gasteiger partial charge in [-0.05, 0) is 48.7 Å². The first-order valence-electron chi connectivity index (χ1n) is 8.67. The maximum atomic E-state index is 12.6. The van der Waals surface area contributed by atoms with Crippen molar-refractivity contribution in [2.24, 2.45) is 7.05 Å². The lowest BCUT2D eigenvalue weighted by atomic mass is 10.1. The van der Waals surface area contributed by atoms with Crippen molar-refractivity contribution < 1.29 is 9.53 Å². The Hall–Kier alpha value is -2.60. The van der Waals surface area contributed by atoms with Crippen LogP contribution in [0.3, 0.4) is 0 Å². The molecule has 0 aliphatic carbocycles. The summed E-state index contributed by atoms with van der Waals surface area (Å²) in [6.07, 6.45) is 0.946. The number of benzene rings is 2. The molecule has 0 fully saturated rings. The molecule has 0 aliphatic heterocycles. The summed E-state index contributed by atoms with van der Waals surface area (Å²) >= 11 is 1.17. The molecule has 5 nitrogen and oxygen atoms in total. The molecule has 6 heteroatoms. The van der Waals surface area contributed by atoms with Gasteiger partial charge in [0.15, 0.2) is 6.10 Å². The largest absolute Gasteiger partial charge is 0.481 e. The van der Waals surface area contributed by atoms with Crippen molar-refractivity contribution in [3.8, 4) is 5.75 Å². The molecule has 3 aromatic rings. The van der Waals surface area contributed by atoms with Gasteiger partial charge in [-0.1, -0.05) is 37.3 Å².